The van der Waals surface area contributed by atoms with E-state index in [1.807, 2.05) is 54.6 Å². The molecular formula is C20H22N2O3. The molecule has 0 aliphatic heterocycles. The van der Waals surface area contributed by atoms with Gasteiger partial charge in [0.1, 0.15) is 6.61 Å². The van der Waals surface area contributed by atoms with Gasteiger partial charge < -0.3 is 15.4 Å². The summed E-state index contributed by atoms with van der Waals surface area (Å²) in [6.07, 6.45) is 4.18. The number of carbonyl (C=O) groups is 2. The number of hydrogen-bond donors (Lipinski definition) is 2. The number of rotatable bonds is 7. The molecule has 0 aromatic heterocycles. The average Bonchev–Trinajstić information content (AvgIpc) is 2.67. The molecule has 2 N–H and O–H groups in total. The fraction of sp³-hybridized carbons (Fsp3) is 0.200. The summed E-state index contributed by atoms with van der Waals surface area (Å²) in [5.41, 5.74) is 2.58. The lowest BCUT2D eigenvalue weighted by Gasteiger charge is -2.05. The molecule has 0 radical (unpaired) electrons. The highest BCUT2D eigenvalue weighted by Crippen LogP contribution is 2.06. The summed E-state index contributed by atoms with van der Waals surface area (Å²) in [6.45, 7) is 0.765. The van der Waals surface area contributed by atoms with Crippen LogP contribution in [0.4, 0.5) is 4.79 Å². The van der Waals surface area contributed by atoms with E-state index in [2.05, 4.69) is 10.6 Å². The molecule has 0 fully saturated rings. The molecule has 2 aromatic carbocycles. The largest absolute Gasteiger partial charge is 0.445 e. The van der Waals surface area contributed by atoms with Crippen LogP contribution in [0.15, 0.2) is 60.7 Å². The molecule has 0 saturated heterocycles. The second-order valence-corrected chi connectivity index (χ2v) is 5.38. The smallest absolute Gasteiger partial charge is 0.407 e. The third-order valence-corrected chi connectivity index (χ3v) is 3.50. The molecule has 0 aliphatic rings. The summed E-state index contributed by atoms with van der Waals surface area (Å²) in [5, 5.41) is 5.29. The maximum absolute atomic E-state index is 11.6. The maximum atomic E-state index is 11.6. The van der Waals surface area contributed by atoms with Gasteiger partial charge in [0.05, 0.1) is 0 Å². The SMILES string of the molecule is CNC(=O)c1ccc(C=CCCNC(=O)OCc2ccccc2)cc1. The minimum absolute atomic E-state index is 0.103. The third-order valence-electron chi connectivity index (χ3n) is 3.50. The van der Waals surface area contributed by atoms with Gasteiger partial charge in [0, 0.05) is 19.2 Å². The van der Waals surface area contributed by atoms with E-state index in [4.69, 9.17) is 4.74 Å². The minimum atomic E-state index is -0.424. The fourth-order valence-corrected chi connectivity index (χ4v) is 2.14. The standard InChI is InChI=1S/C20H22N2O3/c1-21-19(23)18-12-10-16(11-13-18)7-5-6-14-22-20(24)25-15-17-8-3-2-4-9-17/h2-5,7-13H,6,14-15H2,1H3,(H,21,23)(H,22,24). The van der Waals surface area contributed by atoms with Crippen LogP contribution in [-0.2, 0) is 11.3 Å². The van der Waals surface area contributed by atoms with Crippen LogP contribution in [-0.4, -0.2) is 25.6 Å². The Morgan fingerprint density at radius 3 is 2.44 bits per heavy atom. The molecule has 5 nitrogen and oxygen atoms in total. The first kappa shape index (κ1) is 18.3. The lowest BCUT2D eigenvalue weighted by atomic mass is 10.1. The highest BCUT2D eigenvalue weighted by atomic mass is 16.5. The molecule has 0 unspecified atom stereocenters. The van der Waals surface area contributed by atoms with Crippen molar-refractivity contribution in [1.82, 2.24) is 10.6 Å². The van der Waals surface area contributed by atoms with Gasteiger partial charge in [-0.1, -0.05) is 54.6 Å². The monoisotopic (exact) mass is 338 g/mol. The van der Waals surface area contributed by atoms with Crippen LogP contribution in [0.25, 0.3) is 6.08 Å². The Kier molecular flexibility index (Phi) is 7.25. The molecule has 25 heavy (non-hydrogen) atoms. The second kappa shape index (κ2) is 9.93. The molecule has 0 saturated carbocycles. The van der Waals surface area contributed by atoms with Gasteiger partial charge in [0.15, 0.2) is 0 Å². The number of alkyl carbamates (subject to hydrolysis) is 1. The fourth-order valence-electron chi connectivity index (χ4n) is 2.14. The number of amides is 2. The molecule has 130 valence electrons. The highest BCUT2D eigenvalue weighted by molar-refractivity contribution is 5.94. The Bertz CT molecular complexity index is 709. The first-order valence-electron chi connectivity index (χ1n) is 8.12. The van der Waals surface area contributed by atoms with E-state index in [1.165, 1.54) is 0 Å². The van der Waals surface area contributed by atoms with Gasteiger partial charge in [-0.05, 0) is 29.7 Å². The van der Waals surface area contributed by atoms with Crippen LogP contribution in [0.5, 0.6) is 0 Å². The average molecular weight is 338 g/mol. The van der Waals surface area contributed by atoms with E-state index in [-0.39, 0.29) is 12.5 Å². The Hall–Kier alpha value is -3.08. The number of hydrogen-bond acceptors (Lipinski definition) is 3. The van der Waals surface area contributed by atoms with E-state index in [0.717, 1.165) is 11.1 Å². The summed E-state index contributed by atoms with van der Waals surface area (Å²) in [7, 11) is 1.61. The summed E-state index contributed by atoms with van der Waals surface area (Å²) < 4.78 is 5.13. The quantitative estimate of drug-likeness (QED) is 0.761. The zero-order valence-electron chi connectivity index (χ0n) is 14.2. The van der Waals surface area contributed by atoms with Crippen molar-refractivity contribution in [2.45, 2.75) is 13.0 Å². The first-order valence-corrected chi connectivity index (χ1v) is 8.12. The minimum Gasteiger partial charge on any atom is -0.445 e. The number of ether oxygens (including phenoxy) is 1. The van der Waals surface area contributed by atoms with Gasteiger partial charge in [-0.2, -0.15) is 0 Å². The van der Waals surface area contributed by atoms with Crippen LogP contribution >= 0.6 is 0 Å². The van der Waals surface area contributed by atoms with E-state index in [0.29, 0.717) is 18.5 Å². The van der Waals surface area contributed by atoms with Crippen molar-refractivity contribution in [2.24, 2.45) is 0 Å². The van der Waals surface area contributed by atoms with Crippen LogP contribution in [0, 0.1) is 0 Å². The topological polar surface area (TPSA) is 67.4 Å². The van der Waals surface area contributed by atoms with Gasteiger partial charge in [0.2, 0.25) is 0 Å². The van der Waals surface area contributed by atoms with Crippen LogP contribution in [0.2, 0.25) is 0 Å². The van der Waals surface area contributed by atoms with Gasteiger partial charge >= 0.3 is 6.09 Å². The second-order valence-electron chi connectivity index (χ2n) is 5.38. The van der Waals surface area contributed by atoms with Crippen molar-refractivity contribution in [3.05, 3.63) is 77.4 Å². The molecule has 0 heterocycles. The maximum Gasteiger partial charge on any atom is 0.407 e. The predicted octanol–water partition coefficient (Wildman–Crippen LogP) is 3.38. The summed E-state index contributed by atoms with van der Waals surface area (Å²) in [5.74, 6) is -0.103. The molecule has 2 amide bonds. The van der Waals surface area contributed by atoms with Crippen LogP contribution in [0.1, 0.15) is 27.9 Å². The zero-order valence-corrected chi connectivity index (χ0v) is 14.2. The van der Waals surface area contributed by atoms with Crippen molar-refractivity contribution < 1.29 is 14.3 Å². The molecular weight excluding hydrogens is 316 g/mol. The Labute approximate surface area is 147 Å². The zero-order chi connectivity index (χ0) is 17.9. The van der Waals surface area contributed by atoms with Gasteiger partial charge in [-0.25, -0.2) is 4.79 Å². The molecule has 0 bridgehead atoms. The first-order chi connectivity index (χ1) is 12.2. The van der Waals surface area contributed by atoms with Crippen molar-refractivity contribution in [1.29, 1.82) is 0 Å². The molecule has 0 aliphatic carbocycles. The third kappa shape index (κ3) is 6.51. The van der Waals surface area contributed by atoms with E-state index < -0.39 is 6.09 Å². The van der Waals surface area contributed by atoms with Crippen molar-refractivity contribution in [3.63, 3.8) is 0 Å². The number of carbonyl (C=O) groups excluding carboxylic acids is 2. The highest BCUT2D eigenvalue weighted by Gasteiger charge is 2.02. The normalized spacial score (nSPS) is 10.4. The lowest BCUT2D eigenvalue weighted by Crippen LogP contribution is -2.24. The van der Waals surface area contributed by atoms with Crippen LogP contribution < -0.4 is 10.6 Å². The van der Waals surface area contributed by atoms with Gasteiger partial charge in [0.25, 0.3) is 5.91 Å². The van der Waals surface area contributed by atoms with Crippen molar-refractivity contribution >= 4 is 18.1 Å². The summed E-state index contributed by atoms with van der Waals surface area (Å²) in [6, 6.07) is 16.9. The van der Waals surface area contributed by atoms with Gasteiger partial charge in [-0.3, -0.25) is 4.79 Å². The Morgan fingerprint density at radius 2 is 1.76 bits per heavy atom. The number of nitrogens with one attached hydrogen (secondary N) is 2. The summed E-state index contributed by atoms with van der Waals surface area (Å²) in [4.78, 5) is 23.0. The van der Waals surface area contributed by atoms with Crippen molar-refractivity contribution in [2.75, 3.05) is 13.6 Å². The Balaban J connectivity index is 1.65. The van der Waals surface area contributed by atoms with Gasteiger partial charge in [-0.15, -0.1) is 0 Å². The molecule has 2 rings (SSSR count). The Morgan fingerprint density at radius 1 is 1.04 bits per heavy atom. The van der Waals surface area contributed by atoms with Crippen molar-refractivity contribution in [3.8, 4) is 0 Å². The van der Waals surface area contributed by atoms with E-state index in [9.17, 15) is 9.59 Å². The molecule has 0 spiro atoms. The van der Waals surface area contributed by atoms with Crippen LogP contribution in [0.3, 0.4) is 0 Å². The molecule has 0 atom stereocenters. The lowest BCUT2D eigenvalue weighted by molar-refractivity contribution is 0.0963. The van der Waals surface area contributed by atoms with E-state index in [1.54, 1.807) is 19.2 Å². The number of benzene rings is 2. The molecule has 5 heteroatoms. The summed E-state index contributed by atoms with van der Waals surface area (Å²) >= 11 is 0. The van der Waals surface area contributed by atoms with E-state index >= 15 is 0 Å². The predicted molar refractivity (Wildman–Crippen MR) is 98.1 cm³/mol. The molecule has 2 aromatic rings.